The van der Waals surface area contributed by atoms with E-state index in [0.717, 1.165) is 27.8 Å². The molecule has 3 rings (SSSR count). The van der Waals surface area contributed by atoms with E-state index < -0.39 is 0 Å². The molecule has 0 saturated heterocycles. The number of halogens is 2. The van der Waals surface area contributed by atoms with Gasteiger partial charge in [0.2, 0.25) is 5.91 Å². The summed E-state index contributed by atoms with van der Waals surface area (Å²) >= 11 is 13.5. The number of anilines is 3. The maximum atomic E-state index is 11.4. The normalized spacial score (nSPS) is 10.5. The standard InChI is InChI=1S/C18H15Cl2N3OS/c1-2-17(24)21-12-4-6-13(7-5-12)22-18-23-16(10-25-18)11-3-8-14(19)15(20)9-11/h3-10H,2H2,1H3,(H,21,24)(H,22,23). The van der Waals surface area contributed by atoms with Crippen molar-refractivity contribution in [3.63, 3.8) is 0 Å². The van der Waals surface area contributed by atoms with Crippen LogP contribution in [0, 0.1) is 0 Å². The van der Waals surface area contributed by atoms with Gasteiger partial charge in [-0.05, 0) is 36.4 Å². The van der Waals surface area contributed by atoms with Gasteiger partial charge >= 0.3 is 0 Å². The molecule has 0 spiro atoms. The number of nitrogens with zero attached hydrogens (tertiary/aromatic N) is 1. The smallest absolute Gasteiger partial charge is 0.224 e. The number of carbonyl (C=O) groups is 1. The molecule has 0 atom stereocenters. The van der Waals surface area contributed by atoms with E-state index in [-0.39, 0.29) is 5.91 Å². The van der Waals surface area contributed by atoms with E-state index in [9.17, 15) is 4.79 Å². The molecule has 1 amide bonds. The van der Waals surface area contributed by atoms with Gasteiger partial charge in [0, 0.05) is 28.7 Å². The molecule has 2 N–H and O–H groups in total. The lowest BCUT2D eigenvalue weighted by atomic mass is 10.2. The van der Waals surface area contributed by atoms with Crippen molar-refractivity contribution in [3.05, 3.63) is 57.9 Å². The molecule has 0 aliphatic rings. The van der Waals surface area contributed by atoms with Crippen molar-refractivity contribution in [2.24, 2.45) is 0 Å². The lowest BCUT2D eigenvalue weighted by molar-refractivity contribution is -0.115. The predicted octanol–water partition coefficient (Wildman–Crippen LogP) is 6.21. The van der Waals surface area contributed by atoms with E-state index in [2.05, 4.69) is 15.6 Å². The molecule has 0 aliphatic heterocycles. The Labute approximate surface area is 159 Å². The highest BCUT2D eigenvalue weighted by atomic mass is 35.5. The lowest BCUT2D eigenvalue weighted by Gasteiger charge is -2.06. The van der Waals surface area contributed by atoms with Gasteiger partial charge in [-0.3, -0.25) is 4.79 Å². The van der Waals surface area contributed by atoms with Crippen LogP contribution in [0.3, 0.4) is 0 Å². The van der Waals surface area contributed by atoms with Crippen molar-refractivity contribution < 1.29 is 4.79 Å². The highest BCUT2D eigenvalue weighted by Gasteiger charge is 2.07. The molecule has 128 valence electrons. The summed E-state index contributed by atoms with van der Waals surface area (Å²) in [4.78, 5) is 16.0. The third-order valence-corrected chi connectivity index (χ3v) is 4.96. The second-order valence-electron chi connectivity index (χ2n) is 5.27. The molecule has 7 heteroatoms. The Morgan fingerprint density at radius 1 is 1.08 bits per heavy atom. The van der Waals surface area contributed by atoms with Gasteiger partial charge in [-0.1, -0.05) is 36.2 Å². The SMILES string of the molecule is CCC(=O)Nc1ccc(Nc2nc(-c3ccc(Cl)c(Cl)c3)cs2)cc1. The second-order valence-corrected chi connectivity index (χ2v) is 6.94. The van der Waals surface area contributed by atoms with Crippen molar-refractivity contribution in [2.75, 3.05) is 10.6 Å². The van der Waals surface area contributed by atoms with Crippen LogP contribution in [0.4, 0.5) is 16.5 Å². The molecule has 25 heavy (non-hydrogen) atoms. The quantitative estimate of drug-likeness (QED) is 0.543. The number of nitrogens with one attached hydrogen (secondary N) is 2. The molecule has 1 aromatic heterocycles. The number of thiazole rings is 1. The van der Waals surface area contributed by atoms with Crippen LogP contribution in [0.5, 0.6) is 0 Å². The van der Waals surface area contributed by atoms with Crippen molar-refractivity contribution in [1.82, 2.24) is 4.98 Å². The number of carbonyl (C=O) groups excluding carboxylic acids is 1. The molecule has 3 aromatic rings. The lowest BCUT2D eigenvalue weighted by Crippen LogP contribution is -2.09. The number of hydrogen-bond acceptors (Lipinski definition) is 4. The van der Waals surface area contributed by atoms with E-state index in [1.165, 1.54) is 11.3 Å². The number of hydrogen-bond donors (Lipinski definition) is 2. The summed E-state index contributed by atoms with van der Waals surface area (Å²) in [6, 6.07) is 12.9. The molecule has 0 radical (unpaired) electrons. The Bertz CT molecular complexity index is 894. The molecular weight excluding hydrogens is 377 g/mol. The van der Waals surface area contributed by atoms with Crippen LogP contribution in [0.2, 0.25) is 10.0 Å². The summed E-state index contributed by atoms with van der Waals surface area (Å²) < 4.78 is 0. The molecule has 0 aliphatic carbocycles. The first-order chi connectivity index (χ1) is 12.0. The summed E-state index contributed by atoms with van der Waals surface area (Å²) in [6.07, 6.45) is 0.455. The first-order valence-corrected chi connectivity index (χ1v) is 9.26. The van der Waals surface area contributed by atoms with Crippen LogP contribution in [0.25, 0.3) is 11.3 Å². The van der Waals surface area contributed by atoms with Gasteiger partial charge in [-0.15, -0.1) is 11.3 Å². The topological polar surface area (TPSA) is 54.0 Å². The molecule has 1 heterocycles. The first-order valence-electron chi connectivity index (χ1n) is 7.63. The largest absolute Gasteiger partial charge is 0.332 e. The van der Waals surface area contributed by atoms with Crippen LogP contribution in [0.1, 0.15) is 13.3 Å². The second kappa shape index (κ2) is 7.87. The van der Waals surface area contributed by atoms with Crippen LogP contribution >= 0.6 is 34.5 Å². The fraction of sp³-hybridized carbons (Fsp3) is 0.111. The maximum Gasteiger partial charge on any atom is 0.224 e. The van der Waals surface area contributed by atoms with Crippen molar-refractivity contribution in [3.8, 4) is 11.3 Å². The first kappa shape index (κ1) is 17.7. The van der Waals surface area contributed by atoms with Crippen LogP contribution in [0.15, 0.2) is 47.8 Å². The molecule has 0 unspecified atom stereocenters. The van der Waals surface area contributed by atoms with Crippen LogP contribution < -0.4 is 10.6 Å². The van der Waals surface area contributed by atoms with Gasteiger partial charge in [0.15, 0.2) is 5.13 Å². The van der Waals surface area contributed by atoms with E-state index >= 15 is 0 Å². The van der Waals surface area contributed by atoms with E-state index in [0.29, 0.717) is 16.5 Å². The molecule has 2 aromatic carbocycles. The Kier molecular flexibility index (Phi) is 5.58. The molecule has 0 bridgehead atoms. The van der Waals surface area contributed by atoms with E-state index in [1.807, 2.05) is 42.6 Å². The minimum absolute atomic E-state index is 0.00750. The Balaban J connectivity index is 1.70. The summed E-state index contributed by atoms with van der Waals surface area (Å²) in [5, 5.41) is 9.82. The zero-order valence-corrected chi connectivity index (χ0v) is 15.7. The fourth-order valence-electron chi connectivity index (χ4n) is 2.13. The number of rotatable bonds is 5. The molecule has 0 fully saturated rings. The summed E-state index contributed by atoms with van der Waals surface area (Å²) in [6.45, 7) is 1.82. The number of amides is 1. The zero-order valence-electron chi connectivity index (χ0n) is 13.3. The maximum absolute atomic E-state index is 11.4. The minimum atomic E-state index is -0.00750. The van der Waals surface area contributed by atoms with Gasteiger partial charge in [0.1, 0.15) is 0 Å². The summed E-state index contributed by atoms with van der Waals surface area (Å²) in [5.41, 5.74) is 3.41. The van der Waals surface area contributed by atoms with Crippen molar-refractivity contribution in [1.29, 1.82) is 0 Å². The van der Waals surface area contributed by atoms with Crippen LogP contribution in [-0.4, -0.2) is 10.9 Å². The minimum Gasteiger partial charge on any atom is -0.332 e. The fourth-order valence-corrected chi connectivity index (χ4v) is 3.17. The Morgan fingerprint density at radius 3 is 2.48 bits per heavy atom. The molecular formula is C18H15Cl2N3OS. The van der Waals surface area contributed by atoms with Gasteiger partial charge in [-0.25, -0.2) is 4.98 Å². The van der Waals surface area contributed by atoms with Gasteiger partial charge in [0.05, 0.1) is 15.7 Å². The highest BCUT2D eigenvalue weighted by molar-refractivity contribution is 7.14. The zero-order chi connectivity index (χ0) is 17.8. The highest BCUT2D eigenvalue weighted by Crippen LogP contribution is 2.31. The van der Waals surface area contributed by atoms with Gasteiger partial charge in [-0.2, -0.15) is 0 Å². The monoisotopic (exact) mass is 391 g/mol. The summed E-state index contributed by atoms with van der Waals surface area (Å²) in [7, 11) is 0. The van der Waals surface area contributed by atoms with Gasteiger partial charge in [0.25, 0.3) is 0 Å². The average Bonchev–Trinajstić information content (AvgIpc) is 3.07. The third kappa shape index (κ3) is 4.51. The molecule has 4 nitrogen and oxygen atoms in total. The van der Waals surface area contributed by atoms with Gasteiger partial charge < -0.3 is 10.6 Å². The predicted molar refractivity (Wildman–Crippen MR) is 106 cm³/mol. The van der Waals surface area contributed by atoms with E-state index in [4.69, 9.17) is 23.2 Å². The average molecular weight is 392 g/mol. The number of benzene rings is 2. The van der Waals surface area contributed by atoms with E-state index in [1.54, 1.807) is 12.1 Å². The van der Waals surface area contributed by atoms with Crippen molar-refractivity contribution >= 4 is 57.0 Å². The van der Waals surface area contributed by atoms with Crippen LogP contribution in [-0.2, 0) is 4.79 Å². The summed E-state index contributed by atoms with van der Waals surface area (Å²) in [5.74, 6) is -0.00750. The number of aromatic nitrogens is 1. The Morgan fingerprint density at radius 2 is 1.80 bits per heavy atom. The molecule has 0 saturated carbocycles. The Hall–Kier alpha value is -2.08. The van der Waals surface area contributed by atoms with Crippen molar-refractivity contribution in [2.45, 2.75) is 13.3 Å². The third-order valence-electron chi connectivity index (χ3n) is 3.46.